The lowest BCUT2D eigenvalue weighted by atomic mass is 10.1. The zero-order valence-corrected chi connectivity index (χ0v) is 15.0. The molecule has 3 rings (SSSR count). The molecule has 1 aliphatic rings. The molecular formula is C18H22N2S2. The van der Waals surface area contributed by atoms with Crippen molar-refractivity contribution >= 4 is 34.4 Å². The quantitative estimate of drug-likeness (QED) is 0.791. The van der Waals surface area contributed by atoms with Crippen LogP contribution in [-0.4, -0.2) is 16.1 Å². The van der Waals surface area contributed by atoms with Gasteiger partial charge in [0.05, 0.1) is 6.54 Å². The van der Waals surface area contributed by atoms with Crippen LogP contribution < -0.4 is 5.32 Å². The van der Waals surface area contributed by atoms with E-state index < -0.39 is 0 Å². The number of nitrogens with zero attached hydrogens (tertiary/aromatic N) is 1. The summed E-state index contributed by atoms with van der Waals surface area (Å²) in [5.41, 5.74) is 4.97. The van der Waals surface area contributed by atoms with Crippen molar-refractivity contribution in [2.24, 2.45) is 0 Å². The summed E-state index contributed by atoms with van der Waals surface area (Å²) in [7, 11) is 0. The van der Waals surface area contributed by atoms with E-state index in [-0.39, 0.29) is 0 Å². The molecule has 0 atom stereocenters. The van der Waals surface area contributed by atoms with Crippen LogP contribution in [-0.2, 0) is 6.54 Å². The molecule has 1 aromatic carbocycles. The first-order valence-electron chi connectivity index (χ1n) is 7.72. The van der Waals surface area contributed by atoms with E-state index in [9.17, 15) is 0 Å². The van der Waals surface area contributed by atoms with Crippen LogP contribution in [0.4, 0.5) is 5.69 Å². The molecule has 2 aromatic rings. The van der Waals surface area contributed by atoms with Gasteiger partial charge in [0.15, 0.2) is 5.11 Å². The second-order valence-corrected chi connectivity index (χ2v) is 7.56. The smallest absolute Gasteiger partial charge is 0.174 e. The molecule has 0 aliphatic heterocycles. The highest BCUT2D eigenvalue weighted by Crippen LogP contribution is 2.31. The normalized spacial score (nSPS) is 14.0. The van der Waals surface area contributed by atoms with Crippen LogP contribution in [0.3, 0.4) is 0 Å². The molecule has 2 nitrogen and oxygen atoms in total. The Morgan fingerprint density at radius 1 is 1.27 bits per heavy atom. The number of thiocarbonyl (C=S) groups is 1. The van der Waals surface area contributed by atoms with E-state index in [0.29, 0.717) is 6.04 Å². The minimum absolute atomic E-state index is 0.605. The van der Waals surface area contributed by atoms with Gasteiger partial charge in [-0.05, 0) is 68.4 Å². The molecular weight excluding hydrogens is 308 g/mol. The first kappa shape index (κ1) is 15.5. The van der Waals surface area contributed by atoms with Gasteiger partial charge in [0, 0.05) is 16.6 Å². The third-order valence-corrected chi connectivity index (χ3v) is 5.26. The van der Waals surface area contributed by atoms with Gasteiger partial charge in [-0.15, -0.1) is 11.3 Å². The molecule has 1 aromatic heterocycles. The van der Waals surface area contributed by atoms with Gasteiger partial charge in [0.1, 0.15) is 0 Å². The van der Waals surface area contributed by atoms with E-state index in [4.69, 9.17) is 12.2 Å². The number of hydrogen-bond donors (Lipinski definition) is 1. The van der Waals surface area contributed by atoms with Crippen LogP contribution in [0.15, 0.2) is 29.6 Å². The average Bonchev–Trinajstić information content (AvgIpc) is 3.16. The molecule has 1 fully saturated rings. The molecule has 0 spiro atoms. The maximum absolute atomic E-state index is 5.72. The van der Waals surface area contributed by atoms with Crippen molar-refractivity contribution in [3.05, 3.63) is 51.2 Å². The van der Waals surface area contributed by atoms with Gasteiger partial charge >= 0.3 is 0 Å². The second kappa shape index (κ2) is 6.39. The first-order valence-corrected chi connectivity index (χ1v) is 9.01. The summed E-state index contributed by atoms with van der Waals surface area (Å²) in [6, 6.07) is 9.31. The molecule has 0 amide bonds. The molecule has 0 radical (unpaired) electrons. The van der Waals surface area contributed by atoms with Crippen molar-refractivity contribution in [1.29, 1.82) is 0 Å². The summed E-state index contributed by atoms with van der Waals surface area (Å²) in [6.45, 7) is 7.34. The predicted molar refractivity (Wildman–Crippen MR) is 99.8 cm³/mol. The van der Waals surface area contributed by atoms with E-state index in [1.807, 2.05) is 0 Å². The van der Waals surface area contributed by atoms with E-state index in [1.165, 1.54) is 34.4 Å². The Morgan fingerprint density at radius 2 is 1.95 bits per heavy atom. The molecule has 0 unspecified atom stereocenters. The van der Waals surface area contributed by atoms with Crippen molar-refractivity contribution in [1.82, 2.24) is 4.90 Å². The number of hydrogen-bond acceptors (Lipinski definition) is 2. The Morgan fingerprint density at radius 3 is 2.50 bits per heavy atom. The number of thiophene rings is 1. The fourth-order valence-electron chi connectivity index (χ4n) is 2.88. The molecule has 1 heterocycles. The Hall–Kier alpha value is -1.39. The standard InChI is InChI=1S/C18H22N2S2/c1-12-9-13(2)17(14(3)10-12)19-18(21)20(15-6-7-15)11-16-5-4-8-22-16/h4-5,8-10,15H,6-7,11H2,1-3H3,(H,19,21). The fraction of sp³-hybridized carbons (Fsp3) is 0.389. The third-order valence-electron chi connectivity index (χ3n) is 4.06. The fourth-order valence-corrected chi connectivity index (χ4v) is 3.90. The van der Waals surface area contributed by atoms with E-state index >= 15 is 0 Å². The maximum Gasteiger partial charge on any atom is 0.174 e. The monoisotopic (exact) mass is 330 g/mol. The average molecular weight is 331 g/mol. The van der Waals surface area contributed by atoms with E-state index in [2.05, 4.69) is 60.6 Å². The van der Waals surface area contributed by atoms with Gasteiger partial charge in [-0.2, -0.15) is 0 Å². The van der Waals surface area contributed by atoms with Crippen LogP contribution in [0.25, 0.3) is 0 Å². The van der Waals surface area contributed by atoms with E-state index in [0.717, 1.165) is 17.3 Å². The van der Waals surface area contributed by atoms with Crippen molar-refractivity contribution in [2.45, 2.75) is 46.2 Å². The van der Waals surface area contributed by atoms with Crippen molar-refractivity contribution in [2.75, 3.05) is 5.32 Å². The summed E-state index contributed by atoms with van der Waals surface area (Å²) < 4.78 is 0. The van der Waals surface area contributed by atoms with Crippen LogP contribution in [0.2, 0.25) is 0 Å². The number of nitrogens with one attached hydrogen (secondary N) is 1. The Labute approximate surface area is 142 Å². The van der Waals surface area contributed by atoms with Gasteiger partial charge in [-0.25, -0.2) is 0 Å². The molecule has 116 valence electrons. The topological polar surface area (TPSA) is 15.3 Å². The van der Waals surface area contributed by atoms with Gasteiger partial charge in [0.25, 0.3) is 0 Å². The molecule has 4 heteroatoms. The molecule has 1 aliphatic carbocycles. The van der Waals surface area contributed by atoms with Crippen LogP contribution in [0.1, 0.15) is 34.4 Å². The summed E-state index contributed by atoms with van der Waals surface area (Å²) in [5.74, 6) is 0. The molecule has 0 saturated heterocycles. The number of anilines is 1. The first-order chi connectivity index (χ1) is 10.5. The summed E-state index contributed by atoms with van der Waals surface area (Å²) in [5, 5.41) is 6.48. The number of aryl methyl sites for hydroxylation is 3. The minimum Gasteiger partial charge on any atom is -0.341 e. The zero-order chi connectivity index (χ0) is 15.7. The predicted octanol–water partition coefficient (Wildman–Crippen LogP) is 5.03. The Bertz CT molecular complexity index is 649. The molecule has 1 saturated carbocycles. The highest BCUT2D eigenvalue weighted by atomic mass is 32.1. The van der Waals surface area contributed by atoms with Crippen molar-refractivity contribution < 1.29 is 0 Å². The SMILES string of the molecule is Cc1cc(C)c(NC(=S)N(Cc2cccs2)C2CC2)c(C)c1. The van der Waals surface area contributed by atoms with Crippen LogP contribution in [0, 0.1) is 20.8 Å². The van der Waals surface area contributed by atoms with Crippen molar-refractivity contribution in [3.8, 4) is 0 Å². The van der Waals surface area contributed by atoms with Gasteiger partial charge in [0.2, 0.25) is 0 Å². The van der Waals surface area contributed by atoms with Gasteiger partial charge in [-0.3, -0.25) is 0 Å². The zero-order valence-electron chi connectivity index (χ0n) is 13.3. The van der Waals surface area contributed by atoms with E-state index in [1.54, 1.807) is 11.3 Å². The van der Waals surface area contributed by atoms with Gasteiger partial charge in [-0.1, -0.05) is 23.8 Å². The summed E-state index contributed by atoms with van der Waals surface area (Å²) in [4.78, 5) is 3.72. The summed E-state index contributed by atoms with van der Waals surface area (Å²) in [6.07, 6.45) is 2.50. The van der Waals surface area contributed by atoms with Crippen LogP contribution in [0.5, 0.6) is 0 Å². The number of benzene rings is 1. The Kier molecular flexibility index (Phi) is 4.50. The summed E-state index contributed by atoms with van der Waals surface area (Å²) >= 11 is 7.52. The number of rotatable bonds is 4. The van der Waals surface area contributed by atoms with Crippen molar-refractivity contribution in [3.63, 3.8) is 0 Å². The largest absolute Gasteiger partial charge is 0.341 e. The molecule has 1 N–H and O–H groups in total. The molecule has 22 heavy (non-hydrogen) atoms. The Balaban J connectivity index is 1.77. The maximum atomic E-state index is 5.72. The highest BCUT2D eigenvalue weighted by molar-refractivity contribution is 7.80. The van der Waals surface area contributed by atoms with Crippen LogP contribution >= 0.6 is 23.6 Å². The second-order valence-electron chi connectivity index (χ2n) is 6.14. The van der Waals surface area contributed by atoms with Gasteiger partial charge < -0.3 is 10.2 Å². The lowest BCUT2D eigenvalue weighted by molar-refractivity contribution is 0.413. The lowest BCUT2D eigenvalue weighted by Gasteiger charge is -2.26. The molecule has 0 bridgehead atoms. The third kappa shape index (κ3) is 3.50. The lowest BCUT2D eigenvalue weighted by Crippen LogP contribution is -2.36. The highest BCUT2D eigenvalue weighted by Gasteiger charge is 2.31. The minimum atomic E-state index is 0.605.